The van der Waals surface area contributed by atoms with Crippen molar-refractivity contribution in [1.82, 2.24) is 5.32 Å². The lowest BCUT2D eigenvalue weighted by atomic mass is 10.0. The number of hydrogen-bond acceptors (Lipinski definition) is 3. The number of nitrogens with one attached hydrogen (secondary N) is 1. The highest BCUT2D eigenvalue weighted by Gasteiger charge is 2.33. The van der Waals surface area contributed by atoms with E-state index in [-0.39, 0.29) is 24.4 Å². The van der Waals surface area contributed by atoms with Gasteiger partial charge in [-0.1, -0.05) is 6.42 Å². The third-order valence-corrected chi connectivity index (χ3v) is 3.36. The van der Waals surface area contributed by atoms with E-state index < -0.39 is 11.9 Å². The smallest absolute Gasteiger partial charge is 0.308 e. The van der Waals surface area contributed by atoms with Gasteiger partial charge in [-0.25, -0.2) is 4.39 Å². The van der Waals surface area contributed by atoms with Crippen molar-refractivity contribution in [2.45, 2.75) is 25.3 Å². The molecule has 1 aromatic carbocycles. The predicted molar refractivity (Wildman–Crippen MR) is 68.8 cm³/mol. The van der Waals surface area contributed by atoms with Crippen LogP contribution >= 0.6 is 0 Å². The number of halogens is 1. The number of rotatable bonds is 5. The number of hydrogen-bond donors (Lipinski definition) is 2. The number of benzene rings is 1. The molecule has 6 heteroatoms. The number of amides is 1. The minimum absolute atomic E-state index is 0.214. The number of ether oxygens (including phenoxy) is 1. The number of carboxylic acid groups (broad SMARTS) is 1. The zero-order chi connectivity index (χ0) is 14.5. The van der Waals surface area contributed by atoms with E-state index in [4.69, 9.17) is 9.84 Å². The summed E-state index contributed by atoms with van der Waals surface area (Å²) < 4.78 is 17.9. The first-order valence-electron chi connectivity index (χ1n) is 6.47. The van der Waals surface area contributed by atoms with E-state index >= 15 is 0 Å². The Kier molecular flexibility index (Phi) is 4.55. The Hall–Kier alpha value is -2.11. The number of carbonyl (C=O) groups is 2. The number of carbonyl (C=O) groups excluding carboxylic acids is 1. The highest BCUT2D eigenvalue weighted by molar-refractivity contribution is 5.79. The first-order chi connectivity index (χ1) is 9.56. The van der Waals surface area contributed by atoms with Crippen LogP contribution in [-0.2, 0) is 9.59 Å². The second kappa shape index (κ2) is 6.36. The molecule has 0 bridgehead atoms. The summed E-state index contributed by atoms with van der Waals surface area (Å²) in [4.78, 5) is 22.7. The zero-order valence-corrected chi connectivity index (χ0v) is 10.8. The molecule has 2 rings (SSSR count). The molecule has 0 radical (unpaired) electrons. The summed E-state index contributed by atoms with van der Waals surface area (Å²) in [5.74, 6) is -1.76. The van der Waals surface area contributed by atoms with Crippen LogP contribution < -0.4 is 10.1 Å². The number of aliphatic carboxylic acids is 1. The van der Waals surface area contributed by atoms with Crippen molar-refractivity contribution in [2.75, 3.05) is 6.61 Å². The van der Waals surface area contributed by atoms with Crippen LogP contribution in [0.4, 0.5) is 4.39 Å². The molecular formula is C14H16FNO4. The molecule has 1 fully saturated rings. The summed E-state index contributed by atoms with van der Waals surface area (Å²) in [7, 11) is 0. The third-order valence-electron chi connectivity index (χ3n) is 3.36. The van der Waals surface area contributed by atoms with Gasteiger partial charge in [-0.15, -0.1) is 0 Å². The van der Waals surface area contributed by atoms with Crippen LogP contribution in [0.15, 0.2) is 24.3 Å². The Bertz CT molecular complexity index is 488. The Morgan fingerprint density at radius 2 is 2.00 bits per heavy atom. The van der Waals surface area contributed by atoms with Crippen LogP contribution in [0.5, 0.6) is 5.75 Å². The van der Waals surface area contributed by atoms with Crippen LogP contribution in [0, 0.1) is 11.7 Å². The lowest BCUT2D eigenvalue weighted by molar-refractivity contribution is -0.142. The largest absolute Gasteiger partial charge is 0.484 e. The molecule has 2 N–H and O–H groups in total. The van der Waals surface area contributed by atoms with Gasteiger partial charge in [0.2, 0.25) is 0 Å². The maximum atomic E-state index is 12.7. The Morgan fingerprint density at radius 1 is 1.30 bits per heavy atom. The van der Waals surface area contributed by atoms with E-state index in [0.717, 1.165) is 6.42 Å². The quantitative estimate of drug-likeness (QED) is 0.859. The molecular weight excluding hydrogens is 265 g/mol. The summed E-state index contributed by atoms with van der Waals surface area (Å²) in [5.41, 5.74) is 0. The van der Waals surface area contributed by atoms with E-state index in [1.54, 1.807) is 0 Å². The molecule has 108 valence electrons. The molecule has 0 spiro atoms. The summed E-state index contributed by atoms with van der Waals surface area (Å²) in [6, 6.07) is 5.00. The van der Waals surface area contributed by atoms with E-state index in [0.29, 0.717) is 18.6 Å². The second-order valence-electron chi connectivity index (χ2n) is 4.79. The van der Waals surface area contributed by atoms with Gasteiger partial charge >= 0.3 is 5.97 Å². The third kappa shape index (κ3) is 3.69. The second-order valence-corrected chi connectivity index (χ2v) is 4.79. The first-order valence-corrected chi connectivity index (χ1v) is 6.47. The molecule has 0 aromatic heterocycles. The van der Waals surface area contributed by atoms with Crippen molar-refractivity contribution >= 4 is 11.9 Å². The molecule has 0 saturated heterocycles. The van der Waals surface area contributed by atoms with Gasteiger partial charge in [-0.05, 0) is 37.1 Å². The molecule has 0 heterocycles. The summed E-state index contributed by atoms with van der Waals surface area (Å²) in [5, 5.41) is 11.7. The Balaban J connectivity index is 1.80. The lowest BCUT2D eigenvalue weighted by Crippen LogP contribution is -2.42. The van der Waals surface area contributed by atoms with Crippen LogP contribution in [0.2, 0.25) is 0 Å². The van der Waals surface area contributed by atoms with Gasteiger partial charge in [-0.3, -0.25) is 9.59 Å². The highest BCUT2D eigenvalue weighted by atomic mass is 19.1. The normalized spacial score (nSPS) is 21.4. The van der Waals surface area contributed by atoms with E-state index in [1.807, 2.05) is 0 Å². The minimum atomic E-state index is -0.882. The lowest BCUT2D eigenvalue weighted by Gasteiger charge is -2.17. The summed E-state index contributed by atoms with van der Waals surface area (Å²) >= 11 is 0. The highest BCUT2D eigenvalue weighted by Crippen LogP contribution is 2.25. The van der Waals surface area contributed by atoms with E-state index in [1.165, 1.54) is 24.3 Å². The molecule has 1 saturated carbocycles. The van der Waals surface area contributed by atoms with Crippen molar-refractivity contribution in [3.8, 4) is 5.75 Å². The van der Waals surface area contributed by atoms with Gasteiger partial charge in [0.15, 0.2) is 6.61 Å². The molecule has 1 aromatic rings. The SMILES string of the molecule is O=C(COc1ccc(F)cc1)N[C@H]1CCC[C@H]1C(=O)O. The first kappa shape index (κ1) is 14.3. The molecule has 2 atom stereocenters. The van der Waals surface area contributed by atoms with Gasteiger partial charge in [0.25, 0.3) is 5.91 Å². The van der Waals surface area contributed by atoms with Gasteiger partial charge in [-0.2, -0.15) is 0 Å². The fourth-order valence-corrected chi connectivity index (χ4v) is 2.36. The van der Waals surface area contributed by atoms with Gasteiger partial charge in [0.05, 0.1) is 5.92 Å². The Labute approximate surface area is 115 Å². The van der Waals surface area contributed by atoms with E-state index in [2.05, 4.69) is 5.32 Å². The molecule has 1 amide bonds. The average Bonchev–Trinajstić information content (AvgIpc) is 2.86. The van der Waals surface area contributed by atoms with Crippen molar-refractivity contribution in [2.24, 2.45) is 5.92 Å². The van der Waals surface area contributed by atoms with Crippen LogP contribution in [-0.4, -0.2) is 29.6 Å². The maximum absolute atomic E-state index is 12.7. The molecule has 1 aliphatic rings. The van der Waals surface area contributed by atoms with Crippen molar-refractivity contribution in [3.63, 3.8) is 0 Å². The van der Waals surface area contributed by atoms with Crippen LogP contribution in [0.1, 0.15) is 19.3 Å². The monoisotopic (exact) mass is 281 g/mol. The predicted octanol–water partition coefficient (Wildman–Crippen LogP) is 1.57. The molecule has 20 heavy (non-hydrogen) atoms. The fourth-order valence-electron chi connectivity index (χ4n) is 2.36. The maximum Gasteiger partial charge on any atom is 0.308 e. The van der Waals surface area contributed by atoms with Gasteiger partial charge in [0.1, 0.15) is 11.6 Å². The van der Waals surface area contributed by atoms with E-state index in [9.17, 15) is 14.0 Å². The summed E-state index contributed by atoms with van der Waals surface area (Å²) in [6.07, 6.45) is 2.04. The topological polar surface area (TPSA) is 75.6 Å². The van der Waals surface area contributed by atoms with Crippen molar-refractivity contribution in [1.29, 1.82) is 0 Å². The molecule has 1 aliphatic carbocycles. The molecule has 5 nitrogen and oxygen atoms in total. The Morgan fingerprint density at radius 3 is 2.65 bits per heavy atom. The summed E-state index contributed by atoms with van der Waals surface area (Å²) in [6.45, 7) is -0.214. The molecule has 0 unspecified atom stereocenters. The zero-order valence-electron chi connectivity index (χ0n) is 10.8. The van der Waals surface area contributed by atoms with Crippen molar-refractivity contribution in [3.05, 3.63) is 30.1 Å². The van der Waals surface area contributed by atoms with Gasteiger partial charge < -0.3 is 15.2 Å². The van der Waals surface area contributed by atoms with Crippen LogP contribution in [0.25, 0.3) is 0 Å². The van der Waals surface area contributed by atoms with Crippen molar-refractivity contribution < 1.29 is 23.8 Å². The average molecular weight is 281 g/mol. The minimum Gasteiger partial charge on any atom is -0.484 e. The van der Waals surface area contributed by atoms with Gasteiger partial charge in [0, 0.05) is 6.04 Å². The fraction of sp³-hybridized carbons (Fsp3) is 0.429. The molecule has 0 aliphatic heterocycles. The standard InChI is InChI=1S/C14H16FNO4/c15-9-4-6-10(7-5-9)20-8-13(17)16-12-3-1-2-11(12)14(18)19/h4-7,11-12H,1-3,8H2,(H,16,17)(H,18,19)/t11-,12+/m1/s1. The van der Waals surface area contributed by atoms with Crippen LogP contribution in [0.3, 0.4) is 0 Å². The number of carboxylic acids is 1.